The van der Waals surface area contributed by atoms with E-state index in [2.05, 4.69) is 4.74 Å². The van der Waals surface area contributed by atoms with Gasteiger partial charge in [0, 0.05) is 5.56 Å². The molecule has 0 aromatic heterocycles. The van der Waals surface area contributed by atoms with Crippen molar-refractivity contribution >= 4 is 12.6 Å². The Hall–Kier alpha value is -1.98. The van der Waals surface area contributed by atoms with Crippen LogP contribution >= 0.6 is 0 Å². The molecule has 1 aromatic carbocycles. The molecule has 0 bridgehead atoms. The fourth-order valence-corrected chi connectivity index (χ4v) is 1.28. The van der Waals surface area contributed by atoms with Gasteiger partial charge in [-0.25, -0.2) is 0 Å². The van der Waals surface area contributed by atoms with Gasteiger partial charge in [-0.1, -0.05) is 0 Å². The molecule has 6 heteroatoms. The zero-order valence-corrected chi connectivity index (χ0v) is 8.98. The van der Waals surface area contributed by atoms with E-state index in [0.717, 1.165) is 6.07 Å². The third-order valence-corrected chi connectivity index (χ3v) is 1.87. The Balaban J connectivity index is 3.28. The minimum atomic E-state index is -3.06. The zero-order chi connectivity index (χ0) is 12.8. The molecule has 1 rings (SSSR count). The SMILES string of the molecule is CCOc1c(C=O)cc(C=O)cc1OC(F)F. The standard InChI is InChI=1S/C11H10F2O4/c1-2-16-10-8(6-15)3-7(5-14)4-9(10)17-11(12)13/h3-6,11H,2H2,1H3. The van der Waals surface area contributed by atoms with Gasteiger partial charge in [-0.2, -0.15) is 8.78 Å². The highest BCUT2D eigenvalue weighted by Crippen LogP contribution is 2.33. The molecule has 4 nitrogen and oxygen atoms in total. The maximum atomic E-state index is 12.2. The van der Waals surface area contributed by atoms with E-state index in [4.69, 9.17) is 4.74 Å². The van der Waals surface area contributed by atoms with Crippen LogP contribution in [0.5, 0.6) is 11.5 Å². The lowest BCUT2D eigenvalue weighted by Crippen LogP contribution is -2.07. The van der Waals surface area contributed by atoms with Crippen LogP contribution in [0, 0.1) is 0 Å². The van der Waals surface area contributed by atoms with Crippen LogP contribution in [0.2, 0.25) is 0 Å². The summed E-state index contributed by atoms with van der Waals surface area (Å²) in [6.07, 6.45) is 0.845. The van der Waals surface area contributed by atoms with E-state index < -0.39 is 6.61 Å². The molecule has 0 aliphatic heterocycles. The Morgan fingerprint density at radius 1 is 1.29 bits per heavy atom. The maximum Gasteiger partial charge on any atom is 0.387 e. The highest BCUT2D eigenvalue weighted by molar-refractivity contribution is 5.87. The number of hydrogen-bond acceptors (Lipinski definition) is 4. The average molecular weight is 244 g/mol. The first kappa shape index (κ1) is 13.1. The summed E-state index contributed by atoms with van der Waals surface area (Å²) in [6.45, 7) is -1.24. The summed E-state index contributed by atoms with van der Waals surface area (Å²) < 4.78 is 33.6. The smallest absolute Gasteiger partial charge is 0.387 e. The van der Waals surface area contributed by atoms with Crippen molar-refractivity contribution in [3.63, 3.8) is 0 Å². The Bertz CT molecular complexity index is 418. The number of hydrogen-bond donors (Lipinski definition) is 0. The van der Waals surface area contributed by atoms with Gasteiger partial charge in [-0.05, 0) is 19.1 Å². The summed E-state index contributed by atoms with van der Waals surface area (Å²) in [5.41, 5.74) is 0.0540. The van der Waals surface area contributed by atoms with Crippen molar-refractivity contribution < 1.29 is 27.8 Å². The van der Waals surface area contributed by atoms with Gasteiger partial charge in [0.25, 0.3) is 0 Å². The molecule has 0 saturated heterocycles. The number of ether oxygens (including phenoxy) is 2. The molecule has 0 amide bonds. The van der Waals surface area contributed by atoms with Gasteiger partial charge in [-0.15, -0.1) is 0 Å². The van der Waals surface area contributed by atoms with Crippen LogP contribution < -0.4 is 9.47 Å². The normalized spacial score (nSPS) is 10.1. The van der Waals surface area contributed by atoms with Crippen LogP contribution in [0.3, 0.4) is 0 Å². The molecule has 0 unspecified atom stereocenters. The first-order valence-corrected chi connectivity index (χ1v) is 4.78. The molecule has 0 fully saturated rings. The number of rotatable bonds is 6. The van der Waals surface area contributed by atoms with Crippen molar-refractivity contribution in [2.45, 2.75) is 13.5 Å². The Labute approximate surface area is 96.1 Å². The lowest BCUT2D eigenvalue weighted by atomic mass is 10.1. The molecule has 0 aliphatic carbocycles. The van der Waals surface area contributed by atoms with E-state index in [0.29, 0.717) is 12.6 Å². The number of halogens is 2. The summed E-state index contributed by atoms with van der Waals surface area (Å²) in [7, 11) is 0. The summed E-state index contributed by atoms with van der Waals surface area (Å²) in [6, 6.07) is 2.33. The summed E-state index contributed by atoms with van der Waals surface area (Å²) in [4.78, 5) is 21.4. The molecule has 0 atom stereocenters. The molecule has 92 valence electrons. The van der Waals surface area contributed by atoms with Gasteiger partial charge in [-0.3, -0.25) is 9.59 Å². The first-order chi connectivity index (χ1) is 8.12. The number of alkyl halides is 2. The van der Waals surface area contributed by atoms with Crippen molar-refractivity contribution in [2.75, 3.05) is 6.61 Å². The van der Waals surface area contributed by atoms with Crippen LogP contribution in [-0.2, 0) is 0 Å². The van der Waals surface area contributed by atoms with E-state index >= 15 is 0 Å². The quantitative estimate of drug-likeness (QED) is 0.720. The topological polar surface area (TPSA) is 52.6 Å². The maximum absolute atomic E-state index is 12.2. The van der Waals surface area contributed by atoms with E-state index in [1.54, 1.807) is 6.92 Å². The van der Waals surface area contributed by atoms with Gasteiger partial charge in [0.2, 0.25) is 0 Å². The van der Waals surface area contributed by atoms with Crippen molar-refractivity contribution in [2.24, 2.45) is 0 Å². The minimum Gasteiger partial charge on any atom is -0.489 e. The second-order valence-electron chi connectivity index (χ2n) is 2.98. The van der Waals surface area contributed by atoms with Crippen LogP contribution in [0.1, 0.15) is 27.6 Å². The van der Waals surface area contributed by atoms with E-state index in [1.807, 2.05) is 0 Å². The Morgan fingerprint density at radius 2 is 2.00 bits per heavy atom. The molecular weight excluding hydrogens is 234 g/mol. The molecule has 0 aliphatic rings. The molecular formula is C11H10F2O4. The van der Waals surface area contributed by atoms with Crippen LogP contribution in [-0.4, -0.2) is 25.8 Å². The van der Waals surface area contributed by atoms with Gasteiger partial charge in [0.1, 0.15) is 6.29 Å². The number of carbonyl (C=O) groups excluding carboxylic acids is 2. The van der Waals surface area contributed by atoms with Crippen molar-refractivity contribution in [3.05, 3.63) is 23.3 Å². The summed E-state index contributed by atoms with van der Waals surface area (Å²) >= 11 is 0. The molecule has 0 saturated carbocycles. The Morgan fingerprint density at radius 3 is 2.47 bits per heavy atom. The highest BCUT2D eigenvalue weighted by atomic mass is 19.3. The summed E-state index contributed by atoms with van der Waals surface area (Å²) in [5.74, 6) is -0.415. The van der Waals surface area contributed by atoms with Crippen LogP contribution in [0.25, 0.3) is 0 Å². The molecule has 17 heavy (non-hydrogen) atoms. The third kappa shape index (κ3) is 3.24. The fourth-order valence-electron chi connectivity index (χ4n) is 1.28. The minimum absolute atomic E-state index is 0.00731. The summed E-state index contributed by atoms with van der Waals surface area (Å²) in [5, 5.41) is 0. The lowest BCUT2D eigenvalue weighted by Gasteiger charge is -2.13. The second-order valence-corrected chi connectivity index (χ2v) is 2.98. The molecule has 1 aromatic rings. The second kappa shape index (κ2) is 5.93. The molecule has 0 radical (unpaired) electrons. The lowest BCUT2D eigenvalue weighted by molar-refractivity contribution is -0.0515. The monoisotopic (exact) mass is 244 g/mol. The van der Waals surface area contributed by atoms with Crippen molar-refractivity contribution in [3.8, 4) is 11.5 Å². The predicted molar refractivity (Wildman–Crippen MR) is 55.0 cm³/mol. The Kier molecular flexibility index (Phi) is 4.56. The van der Waals surface area contributed by atoms with E-state index in [9.17, 15) is 18.4 Å². The number of carbonyl (C=O) groups is 2. The van der Waals surface area contributed by atoms with Gasteiger partial charge < -0.3 is 9.47 Å². The molecule has 0 spiro atoms. The van der Waals surface area contributed by atoms with Crippen molar-refractivity contribution in [1.29, 1.82) is 0 Å². The fraction of sp³-hybridized carbons (Fsp3) is 0.273. The highest BCUT2D eigenvalue weighted by Gasteiger charge is 2.16. The molecule has 0 heterocycles. The zero-order valence-electron chi connectivity index (χ0n) is 8.98. The van der Waals surface area contributed by atoms with Gasteiger partial charge in [0.15, 0.2) is 17.8 Å². The van der Waals surface area contributed by atoms with E-state index in [-0.39, 0.29) is 29.2 Å². The molecule has 0 N–H and O–H groups in total. The largest absolute Gasteiger partial charge is 0.489 e. The third-order valence-electron chi connectivity index (χ3n) is 1.87. The van der Waals surface area contributed by atoms with Gasteiger partial charge in [0.05, 0.1) is 12.2 Å². The number of aldehydes is 2. The predicted octanol–water partition coefficient (Wildman–Crippen LogP) is 2.31. The van der Waals surface area contributed by atoms with E-state index in [1.165, 1.54) is 6.07 Å². The number of benzene rings is 1. The first-order valence-electron chi connectivity index (χ1n) is 4.78. The average Bonchev–Trinajstić information content (AvgIpc) is 2.30. The van der Waals surface area contributed by atoms with Crippen molar-refractivity contribution in [1.82, 2.24) is 0 Å². The van der Waals surface area contributed by atoms with Crippen LogP contribution in [0.4, 0.5) is 8.78 Å². The van der Waals surface area contributed by atoms with Gasteiger partial charge >= 0.3 is 6.61 Å². The van der Waals surface area contributed by atoms with Crippen LogP contribution in [0.15, 0.2) is 12.1 Å².